The molecule has 78 valence electrons. The fraction of sp³-hybridized carbons (Fsp3) is 0.250. The second-order valence-electron chi connectivity index (χ2n) is 3.86. The maximum absolute atomic E-state index is 11.3. The number of anilines is 2. The predicted molar refractivity (Wildman–Crippen MR) is 62.0 cm³/mol. The summed E-state index contributed by atoms with van der Waals surface area (Å²) >= 11 is 0. The van der Waals surface area contributed by atoms with Crippen LogP contribution in [0.25, 0.3) is 0 Å². The summed E-state index contributed by atoms with van der Waals surface area (Å²) in [6.07, 6.45) is 1.82. The molecule has 0 aliphatic carbocycles. The lowest BCUT2D eigenvalue weighted by atomic mass is 10.1. The van der Waals surface area contributed by atoms with Crippen LogP contribution < -0.4 is 10.2 Å². The molecule has 0 saturated carbocycles. The van der Waals surface area contributed by atoms with Crippen molar-refractivity contribution in [2.45, 2.75) is 13.8 Å². The van der Waals surface area contributed by atoms with E-state index in [1.165, 1.54) is 5.56 Å². The smallest absolute Gasteiger partial charge is 0.177 e. The van der Waals surface area contributed by atoms with Crippen molar-refractivity contribution < 1.29 is 4.79 Å². The molecule has 15 heavy (non-hydrogen) atoms. The van der Waals surface area contributed by atoms with Gasteiger partial charge in [-0.05, 0) is 24.6 Å². The van der Waals surface area contributed by atoms with E-state index in [-0.39, 0.29) is 5.78 Å². The molecule has 0 aromatic heterocycles. The lowest BCUT2D eigenvalue weighted by Gasteiger charge is -2.26. The van der Waals surface area contributed by atoms with Gasteiger partial charge in [-0.3, -0.25) is 4.79 Å². The standard InChI is InChI=1S/C12H14N2O/c1-8-4-5-12-10(6-8)13-11(9(2)15)7-14(12)3/h4-7,13H,1-3H3. The number of carbonyl (C=O) groups excluding carboxylic acids is 1. The second kappa shape index (κ2) is 3.42. The summed E-state index contributed by atoms with van der Waals surface area (Å²) in [5.74, 6) is 0.0500. The van der Waals surface area contributed by atoms with Crippen LogP contribution in [-0.4, -0.2) is 12.8 Å². The van der Waals surface area contributed by atoms with Gasteiger partial charge in [-0.15, -0.1) is 0 Å². The number of Topliss-reactive ketones (excluding diaryl/α,β-unsaturated/α-hetero) is 1. The Hall–Kier alpha value is -1.77. The fourth-order valence-corrected chi connectivity index (χ4v) is 1.68. The lowest BCUT2D eigenvalue weighted by molar-refractivity contribution is -0.113. The van der Waals surface area contributed by atoms with Gasteiger partial charge in [0.05, 0.1) is 17.1 Å². The van der Waals surface area contributed by atoms with Gasteiger partial charge in [0.25, 0.3) is 0 Å². The third-order valence-electron chi connectivity index (χ3n) is 2.50. The average Bonchev–Trinajstić information content (AvgIpc) is 2.16. The number of hydrogen-bond donors (Lipinski definition) is 1. The Bertz CT molecular complexity index is 449. The molecule has 1 N–H and O–H groups in total. The SMILES string of the molecule is CC(=O)C1=CN(C)c2ccc(C)cc2N1. The summed E-state index contributed by atoms with van der Waals surface area (Å²) in [6.45, 7) is 3.60. The molecule has 2 rings (SSSR count). The highest BCUT2D eigenvalue weighted by molar-refractivity contribution is 5.99. The highest BCUT2D eigenvalue weighted by atomic mass is 16.1. The molecular formula is C12H14N2O. The van der Waals surface area contributed by atoms with Gasteiger partial charge in [0, 0.05) is 20.2 Å². The normalized spacial score (nSPS) is 14.1. The van der Waals surface area contributed by atoms with E-state index in [0.29, 0.717) is 5.70 Å². The van der Waals surface area contributed by atoms with Gasteiger partial charge in [0.15, 0.2) is 5.78 Å². The van der Waals surface area contributed by atoms with Crippen molar-refractivity contribution in [1.29, 1.82) is 0 Å². The number of carbonyl (C=O) groups is 1. The van der Waals surface area contributed by atoms with Crippen LogP contribution in [0.5, 0.6) is 0 Å². The molecule has 0 bridgehead atoms. The molecule has 0 amide bonds. The van der Waals surface area contributed by atoms with Crippen LogP contribution in [0.4, 0.5) is 11.4 Å². The Balaban J connectivity index is 2.45. The van der Waals surface area contributed by atoms with Crippen molar-refractivity contribution in [3.63, 3.8) is 0 Å². The number of nitrogens with zero attached hydrogens (tertiary/aromatic N) is 1. The summed E-state index contributed by atoms with van der Waals surface area (Å²) in [7, 11) is 1.94. The molecule has 1 aliphatic heterocycles. The Kier molecular flexibility index (Phi) is 2.23. The first-order valence-electron chi connectivity index (χ1n) is 4.91. The van der Waals surface area contributed by atoms with Gasteiger partial charge in [-0.1, -0.05) is 6.07 Å². The minimum Gasteiger partial charge on any atom is -0.350 e. The zero-order valence-corrected chi connectivity index (χ0v) is 9.16. The van der Waals surface area contributed by atoms with E-state index in [2.05, 4.69) is 11.4 Å². The number of hydrogen-bond acceptors (Lipinski definition) is 3. The molecule has 0 saturated heterocycles. The maximum Gasteiger partial charge on any atom is 0.177 e. The van der Waals surface area contributed by atoms with E-state index < -0.39 is 0 Å². The van der Waals surface area contributed by atoms with Crippen molar-refractivity contribution in [2.75, 3.05) is 17.3 Å². The molecule has 0 unspecified atom stereocenters. The molecule has 0 radical (unpaired) electrons. The largest absolute Gasteiger partial charge is 0.350 e. The van der Waals surface area contributed by atoms with Crippen LogP contribution in [-0.2, 0) is 4.79 Å². The average molecular weight is 202 g/mol. The number of fused-ring (bicyclic) bond motifs is 1. The van der Waals surface area contributed by atoms with Gasteiger partial charge in [-0.2, -0.15) is 0 Å². The molecular weight excluding hydrogens is 188 g/mol. The van der Waals surface area contributed by atoms with E-state index >= 15 is 0 Å². The predicted octanol–water partition coefficient (Wildman–Crippen LogP) is 2.29. The number of ketones is 1. The van der Waals surface area contributed by atoms with Crippen LogP contribution in [0.1, 0.15) is 12.5 Å². The van der Waals surface area contributed by atoms with E-state index in [0.717, 1.165) is 11.4 Å². The Morgan fingerprint density at radius 3 is 2.80 bits per heavy atom. The lowest BCUT2D eigenvalue weighted by Crippen LogP contribution is -2.22. The summed E-state index contributed by atoms with van der Waals surface area (Å²) in [6, 6.07) is 6.15. The zero-order valence-electron chi connectivity index (χ0n) is 9.16. The van der Waals surface area contributed by atoms with Crippen molar-refractivity contribution in [3.8, 4) is 0 Å². The molecule has 0 atom stereocenters. The molecule has 0 fully saturated rings. The van der Waals surface area contributed by atoms with E-state index in [9.17, 15) is 4.79 Å². The second-order valence-corrected chi connectivity index (χ2v) is 3.86. The van der Waals surface area contributed by atoms with E-state index in [1.54, 1.807) is 6.92 Å². The Labute approximate surface area is 89.4 Å². The number of benzene rings is 1. The molecule has 1 aromatic carbocycles. The zero-order chi connectivity index (χ0) is 11.0. The van der Waals surface area contributed by atoms with Gasteiger partial charge >= 0.3 is 0 Å². The van der Waals surface area contributed by atoms with Gasteiger partial charge in [-0.25, -0.2) is 0 Å². The molecule has 3 nitrogen and oxygen atoms in total. The van der Waals surface area contributed by atoms with Crippen LogP contribution in [0, 0.1) is 6.92 Å². The third-order valence-corrected chi connectivity index (χ3v) is 2.50. The summed E-state index contributed by atoms with van der Waals surface area (Å²) in [5, 5.41) is 3.14. The fourth-order valence-electron chi connectivity index (χ4n) is 1.68. The number of rotatable bonds is 1. The molecule has 0 spiro atoms. The van der Waals surface area contributed by atoms with Crippen LogP contribution in [0.2, 0.25) is 0 Å². The number of allylic oxidation sites excluding steroid dienone is 1. The van der Waals surface area contributed by atoms with E-state index in [4.69, 9.17) is 0 Å². The van der Waals surface area contributed by atoms with Gasteiger partial charge in [0.2, 0.25) is 0 Å². The van der Waals surface area contributed by atoms with Crippen LogP contribution in [0.15, 0.2) is 30.1 Å². The molecule has 1 aliphatic rings. The number of aryl methyl sites for hydroxylation is 1. The van der Waals surface area contributed by atoms with Crippen molar-refractivity contribution >= 4 is 17.2 Å². The summed E-state index contributed by atoms with van der Waals surface area (Å²) in [4.78, 5) is 13.2. The number of nitrogens with one attached hydrogen (secondary N) is 1. The minimum absolute atomic E-state index is 0.0500. The maximum atomic E-state index is 11.3. The molecule has 3 heteroatoms. The molecule has 1 heterocycles. The first-order chi connectivity index (χ1) is 7.08. The van der Waals surface area contributed by atoms with Crippen molar-refractivity contribution in [1.82, 2.24) is 0 Å². The van der Waals surface area contributed by atoms with Gasteiger partial charge in [0.1, 0.15) is 0 Å². The highest BCUT2D eigenvalue weighted by Crippen LogP contribution is 2.31. The molecule has 1 aromatic rings. The minimum atomic E-state index is 0.0500. The summed E-state index contributed by atoms with van der Waals surface area (Å²) < 4.78 is 0. The first kappa shape index (κ1) is 9.77. The quantitative estimate of drug-likeness (QED) is 0.758. The van der Waals surface area contributed by atoms with Crippen molar-refractivity contribution in [3.05, 3.63) is 35.7 Å². The van der Waals surface area contributed by atoms with Gasteiger partial charge < -0.3 is 10.2 Å². The Morgan fingerprint density at radius 1 is 1.40 bits per heavy atom. The van der Waals surface area contributed by atoms with Crippen LogP contribution in [0.3, 0.4) is 0 Å². The third kappa shape index (κ3) is 1.73. The van der Waals surface area contributed by atoms with Crippen molar-refractivity contribution in [2.24, 2.45) is 0 Å². The summed E-state index contributed by atoms with van der Waals surface area (Å²) in [5.41, 5.74) is 3.89. The van der Waals surface area contributed by atoms with Crippen LogP contribution >= 0.6 is 0 Å². The topological polar surface area (TPSA) is 32.3 Å². The van der Waals surface area contributed by atoms with E-state index in [1.807, 2.05) is 37.2 Å². The first-order valence-corrected chi connectivity index (χ1v) is 4.91. The highest BCUT2D eigenvalue weighted by Gasteiger charge is 2.16. The monoisotopic (exact) mass is 202 g/mol. The Morgan fingerprint density at radius 2 is 2.13 bits per heavy atom.